The molecule has 1 heterocycles. The highest BCUT2D eigenvalue weighted by molar-refractivity contribution is 8.00. The molecule has 2 fully saturated rings. The molecule has 0 amide bonds. The smallest absolute Gasteiger partial charge is 0.205 e. The molecule has 0 aromatic carbocycles. The summed E-state index contributed by atoms with van der Waals surface area (Å²) in [5.74, 6) is 7.60. The summed E-state index contributed by atoms with van der Waals surface area (Å²) in [6, 6.07) is 0.565. The lowest BCUT2D eigenvalue weighted by molar-refractivity contribution is 0.410. The molecule has 4 N–H and O–H groups in total. The van der Waals surface area contributed by atoms with Crippen molar-refractivity contribution in [3.8, 4) is 0 Å². The van der Waals surface area contributed by atoms with Crippen molar-refractivity contribution in [2.24, 2.45) is 10.8 Å². The molecule has 1 saturated carbocycles. The number of nitrogens with zero attached hydrogens (tertiary/aromatic N) is 1. The van der Waals surface area contributed by atoms with Gasteiger partial charge in [0.25, 0.3) is 0 Å². The Morgan fingerprint density at radius 3 is 2.65 bits per heavy atom. The summed E-state index contributed by atoms with van der Waals surface area (Å²) < 4.78 is 0. The summed E-state index contributed by atoms with van der Waals surface area (Å²) in [4.78, 5) is 4.57. The van der Waals surface area contributed by atoms with Crippen molar-refractivity contribution >= 4 is 17.7 Å². The van der Waals surface area contributed by atoms with E-state index in [1.807, 2.05) is 11.8 Å². The monoisotopic (exact) mass is 256 g/mol. The van der Waals surface area contributed by atoms with Crippen molar-refractivity contribution in [1.29, 1.82) is 0 Å². The minimum Gasteiger partial charge on any atom is -0.353 e. The van der Waals surface area contributed by atoms with Gasteiger partial charge in [0.2, 0.25) is 5.96 Å². The number of nitrogens with two attached hydrogens (primary N) is 1. The first-order valence-corrected chi connectivity index (χ1v) is 7.82. The van der Waals surface area contributed by atoms with E-state index in [1.165, 1.54) is 50.7 Å². The number of guanidine groups is 1. The number of rotatable bonds is 3. The Morgan fingerprint density at radius 1 is 1.18 bits per heavy atom. The van der Waals surface area contributed by atoms with E-state index in [-0.39, 0.29) is 0 Å². The molecule has 0 spiro atoms. The van der Waals surface area contributed by atoms with Crippen molar-refractivity contribution in [2.45, 2.75) is 56.2 Å². The van der Waals surface area contributed by atoms with E-state index >= 15 is 0 Å². The maximum absolute atomic E-state index is 5.52. The second-order valence-corrected chi connectivity index (χ2v) is 6.36. The van der Waals surface area contributed by atoms with Gasteiger partial charge in [0.1, 0.15) is 0 Å². The van der Waals surface area contributed by atoms with E-state index < -0.39 is 0 Å². The number of aliphatic imine (C=N–C) groups is 1. The molecule has 0 aromatic heterocycles. The van der Waals surface area contributed by atoms with Gasteiger partial charge in [-0.3, -0.25) is 10.4 Å². The molecule has 1 unspecified atom stereocenters. The van der Waals surface area contributed by atoms with Gasteiger partial charge in [-0.25, -0.2) is 5.84 Å². The van der Waals surface area contributed by atoms with Crippen LogP contribution >= 0.6 is 11.8 Å². The van der Waals surface area contributed by atoms with Crippen molar-refractivity contribution in [1.82, 2.24) is 10.7 Å². The van der Waals surface area contributed by atoms with Crippen molar-refractivity contribution in [2.75, 3.05) is 12.3 Å². The fourth-order valence-corrected chi connectivity index (χ4v) is 3.73. The Balaban J connectivity index is 1.75. The molecule has 0 bridgehead atoms. The van der Waals surface area contributed by atoms with Crippen LogP contribution in [0.15, 0.2) is 4.99 Å². The van der Waals surface area contributed by atoms with E-state index in [0.29, 0.717) is 11.3 Å². The fourth-order valence-electron chi connectivity index (χ4n) is 2.55. The van der Waals surface area contributed by atoms with Gasteiger partial charge in [0.15, 0.2) is 0 Å². The highest BCUT2D eigenvalue weighted by Gasteiger charge is 2.17. The average molecular weight is 256 g/mol. The largest absolute Gasteiger partial charge is 0.353 e. The second-order valence-electron chi connectivity index (χ2n) is 4.95. The average Bonchev–Trinajstić information content (AvgIpc) is 2.89. The molecule has 1 aliphatic heterocycles. The molecule has 5 heteroatoms. The van der Waals surface area contributed by atoms with E-state index in [2.05, 4.69) is 15.7 Å². The van der Waals surface area contributed by atoms with Gasteiger partial charge >= 0.3 is 0 Å². The van der Waals surface area contributed by atoms with Crippen LogP contribution in [0.4, 0.5) is 0 Å². The lowest BCUT2D eigenvalue weighted by Gasteiger charge is -2.24. The van der Waals surface area contributed by atoms with Gasteiger partial charge < -0.3 is 5.32 Å². The Bertz CT molecular complexity index is 245. The zero-order valence-electron chi connectivity index (χ0n) is 10.5. The van der Waals surface area contributed by atoms with E-state index in [0.717, 1.165) is 12.5 Å². The van der Waals surface area contributed by atoms with Crippen LogP contribution in [0.5, 0.6) is 0 Å². The van der Waals surface area contributed by atoms with Gasteiger partial charge in [0.05, 0.1) is 6.54 Å². The Kier molecular flexibility index (Phi) is 5.45. The number of hydrazine groups is 1. The molecule has 17 heavy (non-hydrogen) atoms. The van der Waals surface area contributed by atoms with Crippen molar-refractivity contribution in [3.05, 3.63) is 0 Å². The summed E-state index contributed by atoms with van der Waals surface area (Å²) in [6.07, 6.45) is 9.17. The van der Waals surface area contributed by atoms with E-state index in [1.54, 1.807) is 0 Å². The van der Waals surface area contributed by atoms with Crippen LogP contribution in [-0.4, -0.2) is 29.5 Å². The molecule has 2 rings (SSSR count). The van der Waals surface area contributed by atoms with Gasteiger partial charge in [0, 0.05) is 11.3 Å². The van der Waals surface area contributed by atoms with Crippen LogP contribution in [-0.2, 0) is 0 Å². The quantitative estimate of drug-likeness (QED) is 0.311. The Morgan fingerprint density at radius 2 is 2.00 bits per heavy atom. The summed E-state index contributed by atoms with van der Waals surface area (Å²) in [5, 5.41) is 4.13. The SMILES string of the molecule is NNC(=NCC1CCCS1)NC1CCCCC1. The highest BCUT2D eigenvalue weighted by Crippen LogP contribution is 2.26. The molecule has 1 atom stereocenters. The van der Waals surface area contributed by atoms with E-state index in [9.17, 15) is 0 Å². The summed E-state index contributed by atoms with van der Waals surface area (Å²) in [7, 11) is 0. The molecule has 4 nitrogen and oxygen atoms in total. The normalized spacial score (nSPS) is 27.1. The van der Waals surface area contributed by atoms with Gasteiger partial charge in [-0.1, -0.05) is 19.3 Å². The third kappa shape index (κ3) is 4.39. The van der Waals surface area contributed by atoms with Crippen molar-refractivity contribution < 1.29 is 0 Å². The second kappa shape index (κ2) is 7.11. The van der Waals surface area contributed by atoms with Crippen LogP contribution in [0.1, 0.15) is 44.9 Å². The van der Waals surface area contributed by atoms with Crippen LogP contribution in [0, 0.1) is 0 Å². The lowest BCUT2D eigenvalue weighted by atomic mass is 9.96. The third-order valence-corrected chi connectivity index (χ3v) is 4.94. The number of nitrogens with one attached hydrogen (secondary N) is 2. The number of hydrogen-bond acceptors (Lipinski definition) is 3. The van der Waals surface area contributed by atoms with Crippen LogP contribution in [0.3, 0.4) is 0 Å². The fraction of sp³-hybridized carbons (Fsp3) is 0.917. The molecule has 2 aliphatic rings. The minimum atomic E-state index is 0.565. The Labute approximate surface area is 108 Å². The first-order valence-electron chi connectivity index (χ1n) is 6.77. The van der Waals surface area contributed by atoms with Crippen LogP contribution < -0.4 is 16.6 Å². The summed E-state index contributed by atoms with van der Waals surface area (Å²) in [5.41, 5.74) is 2.70. The van der Waals surface area contributed by atoms with Crippen LogP contribution in [0.2, 0.25) is 0 Å². The molecule has 1 aliphatic carbocycles. The maximum atomic E-state index is 5.52. The highest BCUT2D eigenvalue weighted by atomic mass is 32.2. The van der Waals surface area contributed by atoms with Crippen LogP contribution in [0.25, 0.3) is 0 Å². The van der Waals surface area contributed by atoms with Crippen molar-refractivity contribution in [3.63, 3.8) is 0 Å². The zero-order chi connectivity index (χ0) is 11.9. The molecule has 0 radical (unpaired) electrons. The Hall–Kier alpha value is -0.420. The molecular weight excluding hydrogens is 232 g/mol. The lowest BCUT2D eigenvalue weighted by Crippen LogP contribution is -2.47. The third-order valence-electron chi connectivity index (χ3n) is 3.56. The van der Waals surface area contributed by atoms with Gasteiger partial charge in [-0.05, 0) is 31.4 Å². The summed E-state index contributed by atoms with van der Waals surface area (Å²) in [6.45, 7) is 0.893. The molecule has 0 aromatic rings. The first kappa shape index (κ1) is 13.0. The van der Waals surface area contributed by atoms with E-state index in [4.69, 9.17) is 5.84 Å². The predicted molar refractivity (Wildman–Crippen MR) is 75.1 cm³/mol. The summed E-state index contributed by atoms with van der Waals surface area (Å²) >= 11 is 2.04. The molecule has 1 saturated heterocycles. The minimum absolute atomic E-state index is 0.565. The molecular formula is C12H24N4S. The topological polar surface area (TPSA) is 62.4 Å². The maximum Gasteiger partial charge on any atom is 0.205 e. The van der Waals surface area contributed by atoms with Gasteiger partial charge in [-0.15, -0.1) is 0 Å². The predicted octanol–water partition coefficient (Wildman–Crippen LogP) is 1.62. The number of hydrogen-bond donors (Lipinski definition) is 3. The van der Waals surface area contributed by atoms with Gasteiger partial charge in [-0.2, -0.15) is 11.8 Å². The first-order chi connectivity index (χ1) is 8.38. The zero-order valence-corrected chi connectivity index (χ0v) is 11.3. The standard InChI is InChI=1S/C12H24N4S/c13-16-12(14-9-11-7-4-8-17-11)15-10-5-2-1-3-6-10/h10-11H,1-9,13H2,(H2,14,15,16). The number of thioether (sulfide) groups is 1. The molecule has 98 valence electrons.